The number of rotatable bonds is 4. The molecule has 0 unspecified atom stereocenters. The molecular formula is C18H21NO2. The van der Waals surface area contributed by atoms with Crippen molar-refractivity contribution in [3.8, 4) is 22.6 Å². The molecule has 0 atom stereocenters. The van der Waals surface area contributed by atoms with Crippen LogP contribution in [-0.4, -0.2) is 27.3 Å². The van der Waals surface area contributed by atoms with Gasteiger partial charge in [0.15, 0.2) is 11.5 Å². The van der Waals surface area contributed by atoms with Crippen LogP contribution in [-0.2, 0) is 0 Å². The zero-order chi connectivity index (χ0) is 14.7. The van der Waals surface area contributed by atoms with Gasteiger partial charge in [0.1, 0.15) is 0 Å². The van der Waals surface area contributed by atoms with Crippen molar-refractivity contribution < 1.29 is 9.47 Å². The molecule has 0 N–H and O–H groups in total. The second-order valence-electron chi connectivity index (χ2n) is 5.28. The van der Waals surface area contributed by atoms with Crippen LogP contribution in [0, 0.1) is 0 Å². The van der Waals surface area contributed by atoms with Gasteiger partial charge in [-0.3, -0.25) is 0 Å². The van der Waals surface area contributed by atoms with Crippen LogP contribution in [0.3, 0.4) is 0 Å². The molecule has 1 saturated heterocycles. The highest BCUT2D eigenvalue weighted by Gasteiger charge is 2.17. The van der Waals surface area contributed by atoms with Gasteiger partial charge in [0.2, 0.25) is 0 Å². The number of nitrogens with zero attached hydrogens (tertiary/aromatic N) is 1. The summed E-state index contributed by atoms with van der Waals surface area (Å²) in [6, 6.07) is 14.7. The van der Waals surface area contributed by atoms with E-state index in [1.807, 2.05) is 12.1 Å². The van der Waals surface area contributed by atoms with Crippen molar-refractivity contribution in [3.05, 3.63) is 42.5 Å². The minimum Gasteiger partial charge on any atom is -0.493 e. The summed E-state index contributed by atoms with van der Waals surface area (Å²) in [7, 11) is 3.34. The van der Waals surface area contributed by atoms with Crippen LogP contribution in [0.4, 0.5) is 5.69 Å². The third-order valence-electron chi connectivity index (χ3n) is 4.05. The van der Waals surface area contributed by atoms with Gasteiger partial charge < -0.3 is 14.4 Å². The molecule has 1 heterocycles. The Hall–Kier alpha value is -2.16. The van der Waals surface area contributed by atoms with Crippen molar-refractivity contribution in [1.29, 1.82) is 0 Å². The molecule has 3 nitrogen and oxygen atoms in total. The largest absolute Gasteiger partial charge is 0.493 e. The molecule has 1 fully saturated rings. The Kier molecular flexibility index (Phi) is 4.00. The van der Waals surface area contributed by atoms with Crippen molar-refractivity contribution in [2.45, 2.75) is 12.8 Å². The third-order valence-corrected chi connectivity index (χ3v) is 4.05. The molecule has 1 aliphatic rings. The van der Waals surface area contributed by atoms with E-state index >= 15 is 0 Å². The lowest BCUT2D eigenvalue weighted by molar-refractivity contribution is 0.355. The second kappa shape index (κ2) is 6.08. The molecule has 2 aromatic carbocycles. The van der Waals surface area contributed by atoms with E-state index in [1.165, 1.54) is 24.1 Å². The number of hydrogen-bond donors (Lipinski definition) is 0. The highest BCUT2D eigenvalue weighted by molar-refractivity contribution is 5.80. The zero-order valence-corrected chi connectivity index (χ0v) is 12.6. The summed E-state index contributed by atoms with van der Waals surface area (Å²) in [5.41, 5.74) is 3.72. The Morgan fingerprint density at radius 2 is 1.57 bits per heavy atom. The van der Waals surface area contributed by atoms with E-state index in [1.54, 1.807) is 14.2 Å². The number of ether oxygens (including phenoxy) is 2. The average molecular weight is 283 g/mol. The molecule has 0 bridgehead atoms. The first-order valence-electron chi connectivity index (χ1n) is 7.40. The van der Waals surface area contributed by atoms with Crippen LogP contribution in [0.2, 0.25) is 0 Å². The molecule has 0 aliphatic carbocycles. The van der Waals surface area contributed by atoms with Crippen molar-refractivity contribution in [3.63, 3.8) is 0 Å². The fraction of sp³-hybridized carbons (Fsp3) is 0.333. The standard InChI is InChI=1S/C18H21NO2/c1-20-17-10-9-14(13-18(17)21-2)15-7-3-4-8-16(15)19-11-5-6-12-19/h3-4,7-10,13H,5-6,11-12H2,1-2H3. The summed E-state index contributed by atoms with van der Waals surface area (Å²) in [6.45, 7) is 2.29. The van der Waals surface area contributed by atoms with Crippen LogP contribution in [0.15, 0.2) is 42.5 Å². The molecule has 1 aliphatic heterocycles. The Balaban J connectivity index is 2.04. The van der Waals surface area contributed by atoms with Crippen molar-refractivity contribution >= 4 is 5.69 Å². The van der Waals surface area contributed by atoms with Crippen molar-refractivity contribution in [2.24, 2.45) is 0 Å². The lowest BCUT2D eigenvalue weighted by atomic mass is 10.0. The minimum absolute atomic E-state index is 0.764. The molecule has 110 valence electrons. The van der Waals surface area contributed by atoms with E-state index in [4.69, 9.17) is 9.47 Å². The summed E-state index contributed by atoms with van der Waals surface area (Å²) in [5, 5.41) is 0. The van der Waals surface area contributed by atoms with Gasteiger partial charge in [-0.1, -0.05) is 24.3 Å². The van der Waals surface area contributed by atoms with Gasteiger partial charge in [-0.25, -0.2) is 0 Å². The highest BCUT2D eigenvalue weighted by atomic mass is 16.5. The molecule has 0 saturated carbocycles. The van der Waals surface area contributed by atoms with Crippen molar-refractivity contribution in [1.82, 2.24) is 0 Å². The zero-order valence-electron chi connectivity index (χ0n) is 12.6. The molecule has 0 spiro atoms. The molecule has 2 aromatic rings. The predicted molar refractivity (Wildman–Crippen MR) is 86.4 cm³/mol. The fourth-order valence-electron chi connectivity index (χ4n) is 2.96. The van der Waals surface area contributed by atoms with E-state index in [-0.39, 0.29) is 0 Å². The van der Waals surface area contributed by atoms with Gasteiger partial charge >= 0.3 is 0 Å². The molecule has 3 rings (SSSR count). The van der Waals surface area contributed by atoms with Gasteiger partial charge in [0.05, 0.1) is 14.2 Å². The van der Waals surface area contributed by atoms with Crippen LogP contribution >= 0.6 is 0 Å². The first-order chi connectivity index (χ1) is 10.3. The Morgan fingerprint density at radius 3 is 2.29 bits per heavy atom. The van der Waals surface area contributed by atoms with Gasteiger partial charge in [-0.05, 0) is 36.6 Å². The monoisotopic (exact) mass is 283 g/mol. The minimum atomic E-state index is 0.764. The quantitative estimate of drug-likeness (QED) is 0.847. The predicted octanol–water partition coefficient (Wildman–Crippen LogP) is 3.97. The number of benzene rings is 2. The first kappa shape index (κ1) is 13.8. The molecular weight excluding hydrogens is 262 g/mol. The van der Waals surface area contributed by atoms with Crippen LogP contribution in [0.25, 0.3) is 11.1 Å². The normalized spacial score (nSPS) is 14.3. The number of anilines is 1. The summed E-state index contributed by atoms with van der Waals surface area (Å²) in [6.07, 6.45) is 2.56. The van der Waals surface area contributed by atoms with E-state index in [2.05, 4.69) is 35.2 Å². The molecule has 0 radical (unpaired) electrons. The van der Waals surface area contributed by atoms with Gasteiger partial charge in [-0.2, -0.15) is 0 Å². The van der Waals surface area contributed by atoms with E-state index in [0.29, 0.717) is 0 Å². The summed E-state index contributed by atoms with van der Waals surface area (Å²) >= 11 is 0. The Morgan fingerprint density at radius 1 is 0.857 bits per heavy atom. The lowest BCUT2D eigenvalue weighted by Crippen LogP contribution is -2.18. The maximum atomic E-state index is 5.43. The SMILES string of the molecule is COc1ccc(-c2ccccc2N2CCCC2)cc1OC. The van der Waals surface area contributed by atoms with Crippen LogP contribution in [0.1, 0.15) is 12.8 Å². The maximum absolute atomic E-state index is 5.43. The van der Waals surface area contributed by atoms with Crippen molar-refractivity contribution in [2.75, 3.05) is 32.2 Å². The summed E-state index contributed by atoms with van der Waals surface area (Å²) < 4.78 is 10.7. The first-order valence-corrected chi connectivity index (χ1v) is 7.40. The van der Waals surface area contributed by atoms with Gasteiger partial charge in [-0.15, -0.1) is 0 Å². The van der Waals surface area contributed by atoms with E-state index < -0.39 is 0 Å². The molecule has 0 amide bonds. The van der Waals surface area contributed by atoms with Gasteiger partial charge in [0, 0.05) is 24.3 Å². The van der Waals surface area contributed by atoms with Gasteiger partial charge in [0.25, 0.3) is 0 Å². The fourth-order valence-corrected chi connectivity index (χ4v) is 2.96. The summed E-state index contributed by atoms with van der Waals surface area (Å²) in [4.78, 5) is 2.46. The Labute approximate surface area is 126 Å². The lowest BCUT2D eigenvalue weighted by Gasteiger charge is -2.22. The number of methoxy groups -OCH3 is 2. The topological polar surface area (TPSA) is 21.7 Å². The van der Waals surface area contributed by atoms with E-state index in [0.717, 1.165) is 30.2 Å². The van der Waals surface area contributed by atoms with E-state index in [9.17, 15) is 0 Å². The average Bonchev–Trinajstić information content (AvgIpc) is 3.08. The molecule has 21 heavy (non-hydrogen) atoms. The number of hydrogen-bond acceptors (Lipinski definition) is 3. The smallest absolute Gasteiger partial charge is 0.161 e. The molecule has 0 aromatic heterocycles. The number of para-hydroxylation sites is 1. The van der Waals surface area contributed by atoms with Crippen LogP contribution < -0.4 is 14.4 Å². The highest BCUT2D eigenvalue weighted by Crippen LogP contribution is 2.37. The Bertz CT molecular complexity index is 618. The second-order valence-corrected chi connectivity index (χ2v) is 5.28. The third kappa shape index (κ3) is 2.68. The molecule has 3 heteroatoms. The maximum Gasteiger partial charge on any atom is 0.161 e. The van der Waals surface area contributed by atoms with Crippen LogP contribution in [0.5, 0.6) is 11.5 Å². The summed E-state index contributed by atoms with van der Waals surface area (Å²) in [5.74, 6) is 1.53.